The van der Waals surface area contributed by atoms with Crippen LogP contribution in [0.25, 0.3) is 11.1 Å². The largest absolute Gasteiger partial charge is 0.341 e. The number of amides is 1. The van der Waals surface area contributed by atoms with Gasteiger partial charge in [-0.2, -0.15) is 0 Å². The molecule has 0 radical (unpaired) electrons. The molecule has 8 heteroatoms. The van der Waals surface area contributed by atoms with Crippen molar-refractivity contribution in [2.75, 3.05) is 19.3 Å². The van der Waals surface area contributed by atoms with Crippen LogP contribution in [0.4, 0.5) is 17.6 Å². The highest BCUT2D eigenvalue weighted by Crippen LogP contribution is 2.52. The molecule has 2 aromatic carbocycles. The molecule has 0 bridgehead atoms. The van der Waals surface area contributed by atoms with Crippen LogP contribution in [0.15, 0.2) is 36.4 Å². The van der Waals surface area contributed by atoms with Crippen molar-refractivity contribution >= 4 is 17.9 Å². The van der Waals surface area contributed by atoms with Gasteiger partial charge >= 0.3 is 0 Å². The van der Waals surface area contributed by atoms with E-state index in [4.69, 9.17) is 0 Å². The normalized spacial score (nSPS) is 23.3. The second-order valence-corrected chi connectivity index (χ2v) is 8.78. The van der Waals surface area contributed by atoms with E-state index in [9.17, 15) is 22.4 Å². The van der Waals surface area contributed by atoms with Gasteiger partial charge in [0.1, 0.15) is 11.6 Å². The van der Waals surface area contributed by atoms with E-state index >= 15 is 0 Å². The molecular formula is C23H24F4N2OS. The number of likely N-dealkylation sites (tertiary alicyclic amines) is 1. The van der Waals surface area contributed by atoms with Gasteiger partial charge in [-0.15, -0.1) is 0 Å². The average Bonchev–Trinajstić information content (AvgIpc) is 3.54. The Labute approximate surface area is 183 Å². The molecule has 1 aliphatic carbocycles. The standard InChI is InChI=1S/C23H24F4N2OS/c1-31-28-14-4-3-9-29(12-14)23(30)18-11-16(18)15-8-7-13(22(26)27)10-17(15)21-19(24)5-2-6-20(21)25/h2,5-8,10,14,16,18,22,28H,3-4,9,11-12H2,1H3. The molecule has 2 aliphatic rings. The van der Waals surface area contributed by atoms with Crippen molar-refractivity contribution in [1.29, 1.82) is 0 Å². The molecule has 0 spiro atoms. The van der Waals surface area contributed by atoms with E-state index in [1.54, 1.807) is 0 Å². The quantitative estimate of drug-likeness (QED) is 0.462. The number of benzene rings is 2. The number of hydrogen-bond donors (Lipinski definition) is 1. The fourth-order valence-electron chi connectivity index (χ4n) is 4.49. The molecule has 0 aromatic heterocycles. The summed E-state index contributed by atoms with van der Waals surface area (Å²) < 4.78 is 58.9. The zero-order valence-electron chi connectivity index (χ0n) is 17.1. The number of nitrogens with zero attached hydrogens (tertiary/aromatic N) is 1. The molecule has 4 rings (SSSR count). The first-order valence-electron chi connectivity index (χ1n) is 10.3. The second-order valence-electron chi connectivity index (χ2n) is 8.14. The zero-order chi connectivity index (χ0) is 22.1. The van der Waals surface area contributed by atoms with Gasteiger partial charge in [-0.1, -0.05) is 30.1 Å². The molecule has 3 nitrogen and oxygen atoms in total. The first-order chi connectivity index (χ1) is 14.9. The molecule has 2 fully saturated rings. The number of halogens is 4. The first kappa shape index (κ1) is 22.1. The summed E-state index contributed by atoms with van der Waals surface area (Å²) in [7, 11) is 0. The van der Waals surface area contributed by atoms with Crippen LogP contribution in [0, 0.1) is 17.6 Å². The van der Waals surface area contributed by atoms with Crippen LogP contribution >= 0.6 is 11.9 Å². The number of carbonyl (C=O) groups is 1. The number of rotatable bonds is 6. The molecule has 3 unspecified atom stereocenters. The fraction of sp³-hybridized carbons (Fsp3) is 0.435. The first-order valence-corrected chi connectivity index (χ1v) is 11.6. The van der Waals surface area contributed by atoms with Gasteiger partial charge in [-0.3, -0.25) is 9.52 Å². The maximum absolute atomic E-state index is 14.5. The molecule has 31 heavy (non-hydrogen) atoms. The molecule has 1 saturated heterocycles. The third kappa shape index (κ3) is 4.60. The van der Waals surface area contributed by atoms with Crippen LogP contribution in [0.1, 0.15) is 42.7 Å². The van der Waals surface area contributed by atoms with Gasteiger partial charge in [0.25, 0.3) is 6.43 Å². The van der Waals surface area contributed by atoms with Crippen molar-refractivity contribution in [1.82, 2.24) is 9.62 Å². The molecule has 1 heterocycles. The maximum Gasteiger partial charge on any atom is 0.263 e. The summed E-state index contributed by atoms with van der Waals surface area (Å²) >= 11 is 1.53. The van der Waals surface area contributed by atoms with E-state index in [0.717, 1.165) is 31.0 Å². The third-order valence-electron chi connectivity index (χ3n) is 6.09. The van der Waals surface area contributed by atoms with Gasteiger partial charge in [0.15, 0.2) is 0 Å². The Bertz CT molecular complexity index is 948. The fourth-order valence-corrected chi connectivity index (χ4v) is 5.02. The van der Waals surface area contributed by atoms with Gasteiger partial charge in [0.05, 0.1) is 5.56 Å². The van der Waals surface area contributed by atoms with E-state index in [2.05, 4.69) is 4.72 Å². The van der Waals surface area contributed by atoms with Crippen LogP contribution in [0.5, 0.6) is 0 Å². The van der Waals surface area contributed by atoms with Gasteiger partial charge in [0, 0.05) is 30.6 Å². The van der Waals surface area contributed by atoms with Gasteiger partial charge in [0.2, 0.25) is 5.91 Å². The topological polar surface area (TPSA) is 32.3 Å². The summed E-state index contributed by atoms with van der Waals surface area (Å²) in [5.41, 5.74) is 0.0315. The number of nitrogens with one attached hydrogen (secondary N) is 1. The summed E-state index contributed by atoms with van der Waals surface area (Å²) in [4.78, 5) is 14.9. The number of hydrogen-bond acceptors (Lipinski definition) is 3. The predicted molar refractivity (Wildman–Crippen MR) is 114 cm³/mol. The van der Waals surface area contributed by atoms with Gasteiger partial charge < -0.3 is 4.90 Å². The van der Waals surface area contributed by atoms with E-state index in [-0.39, 0.29) is 40.5 Å². The molecule has 2 aromatic rings. The van der Waals surface area contributed by atoms with Crippen LogP contribution in [0.2, 0.25) is 0 Å². The lowest BCUT2D eigenvalue weighted by molar-refractivity contribution is -0.133. The highest BCUT2D eigenvalue weighted by Gasteiger charge is 2.47. The van der Waals surface area contributed by atoms with Crippen LogP contribution in [-0.2, 0) is 4.79 Å². The molecule has 166 valence electrons. The third-order valence-corrected chi connectivity index (χ3v) is 6.66. The van der Waals surface area contributed by atoms with E-state index < -0.39 is 18.1 Å². The van der Waals surface area contributed by atoms with Crippen molar-refractivity contribution in [2.24, 2.45) is 5.92 Å². The van der Waals surface area contributed by atoms with Crippen molar-refractivity contribution in [3.8, 4) is 11.1 Å². The number of carbonyl (C=O) groups excluding carboxylic acids is 1. The Kier molecular flexibility index (Phi) is 6.57. The molecule has 3 atom stereocenters. The molecule has 1 N–H and O–H groups in total. The summed E-state index contributed by atoms with van der Waals surface area (Å²) in [6, 6.07) is 7.62. The molecule has 1 aliphatic heterocycles. The van der Waals surface area contributed by atoms with Crippen LogP contribution < -0.4 is 4.72 Å². The summed E-state index contributed by atoms with van der Waals surface area (Å²) in [5.74, 6) is -2.12. The zero-order valence-corrected chi connectivity index (χ0v) is 17.9. The summed E-state index contributed by atoms with van der Waals surface area (Å²) in [6.45, 7) is 1.32. The van der Waals surface area contributed by atoms with Crippen molar-refractivity contribution in [2.45, 2.75) is 37.6 Å². The molecule has 1 amide bonds. The van der Waals surface area contributed by atoms with E-state index in [1.165, 1.54) is 30.1 Å². The summed E-state index contributed by atoms with van der Waals surface area (Å²) in [5, 5.41) is 0. The monoisotopic (exact) mass is 452 g/mol. The highest BCUT2D eigenvalue weighted by atomic mass is 32.2. The van der Waals surface area contributed by atoms with E-state index in [0.29, 0.717) is 25.1 Å². The number of alkyl halides is 2. The van der Waals surface area contributed by atoms with Crippen molar-refractivity contribution < 1.29 is 22.4 Å². The lowest BCUT2D eigenvalue weighted by Gasteiger charge is -2.33. The minimum absolute atomic E-state index is 0.0236. The Balaban J connectivity index is 1.61. The minimum atomic E-state index is -2.76. The van der Waals surface area contributed by atoms with Crippen molar-refractivity contribution in [3.63, 3.8) is 0 Å². The Morgan fingerprint density at radius 1 is 1.19 bits per heavy atom. The average molecular weight is 453 g/mol. The highest BCUT2D eigenvalue weighted by molar-refractivity contribution is 7.96. The smallest absolute Gasteiger partial charge is 0.263 e. The van der Waals surface area contributed by atoms with Crippen LogP contribution in [0.3, 0.4) is 0 Å². The number of piperidine rings is 1. The maximum atomic E-state index is 14.5. The van der Waals surface area contributed by atoms with E-state index in [1.807, 2.05) is 11.2 Å². The van der Waals surface area contributed by atoms with Crippen LogP contribution in [-0.4, -0.2) is 36.2 Å². The van der Waals surface area contributed by atoms with Crippen molar-refractivity contribution in [3.05, 3.63) is 59.2 Å². The van der Waals surface area contributed by atoms with Gasteiger partial charge in [-0.05, 0) is 60.8 Å². The minimum Gasteiger partial charge on any atom is -0.341 e. The Morgan fingerprint density at radius 2 is 1.94 bits per heavy atom. The summed E-state index contributed by atoms with van der Waals surface area (Å²) in [6.07, 6.45) is 1.66. The second kappa shape index (κ2) is 9.20. The molecule has 1 saturated carbocycles. The Hall–Kier alpha value is -2.06. The SMILES string of the molecule is CSNC1CCCN(C(=O)C2CC2c2ccc(C(F)F)cc2-c2c(F)cccc2F)C1. The van der Waals surface area contributed by atoms with Gasteiger partial charge in [-0.25, -0.2) is 17.6 Å². The lowest BCUT2D eigenvalue weighted by Crippen LogP contribution is -2.46. The Morgan fingerprint density at radius 3 is 2.61 bits per heavy atom. The lowest BCUT2D eigenvalue weighted by atomic mass is 9.93. The predicted octanol–water partition coefficient (Wildman–Crippen LogP) is 5.53. The molecular weight excluding hydrogens is 428 g/mol.